The monoisotopic (exact) mass is 231 g/mol. The van der Waals surface area contributed by atoms with Crippen LogP contribution in [0.15, 0.2) is 12.1 Å². The van der Waals surface area contributed by atoms with Crippen molar-refractivity contribution in [2.45, 2.75) is 6.10 Å². The molecule has 0 amide bonds. The number of aliphatic hydroxyl groups is 1. The van der Waals surface area contributed by atoms with Gasteiger partial charge in [0.25, 0.3) is 0 Å². The van der Waals surface area contributed by atoms with Crippen molar-refractivity contribution in [3.05, 3.63) is 22.7 Å². The Morgan fingerprint density at radius 3 is 2.73 bits per heavy atom. The zero-order valence-electron chi connectivity index (χ0n) is 8.62. The number of phenols is 1. The molecule has 15 heavy (non-hydrogen) atoms. The summed E-state index contributed by atoms with van der Waals surface area (Å²) in [5, 5.41) is 22.6. The topological polar surface area (TPSA) is 61.7 Å². The van der Waals surface area contributed by atoms with E-state index in [0.29, 0.717) is 17.1 Å². The molecular formula is C10H14ClNO3. The molecule has 0 saturated carbocycles. The van der Waals surface area contributed by atoms with E-state index < -0.39 is 6.10 Å². The first-order valence-corrected chi connectivity index (χ1v) is 4.87. The number of halogens is 1. The van der Waals surface area contributed by atoms with Crippen LogP contribution >= 0.6 is 11.6 Å². The summed E-state index contributed by atoms with van der Waals surface area (Å²) in [6, 6.07) is 3.15. The molecule has 1 rings (SSSR count). The standard InChI is InChI=1S/C10H14ClNO3/c1-12-5-8(13)6-3-4-7(11)10(15-2)9(6)14/h3-4,8,12-14H,5H2,1-2H3. The first-order chi connectivity index (χ1) is 7.11. The minimum atomic E-state index is -0.791. The number of nitrogens with one attached hydrogen (secondary N) is 1. The highest BCUT2D eigenvalue weighted by molar-refractivity contribution is 6.32. The number of likely N-dealkylation sites (N-methyl/N-ethyl adjacent to an activating group) is 1. The number of phenolic OH excluding ortho intramolecular Hbond substituents is 1. The van der Waals surface area contributed by atoms with Crippen molar-refractivity contribution in [1.82, 2.24) is 5.32 Å². The average Bonchev–Trinajstić information content (AvgIpc) is 2.18. The predicted octanol–water partition coefficient (Wildman–Crippen LogP) is 1.31. The molecule has 0 heterocycles. The Hall–Kier alpha value is -0.970. The first-order valence-electron chi connectivity index (χ1n) is 4.49. The van der Waals surface area contributed by atoms with Gasteiger partial charge >= 0.3 is 0 Å². The summed E-state index contributed by atoms with van der Waals surface area (Å²) in [6.07, 6.45) is -0.791. The molecule has 3 N–H and O–H groups in total. The molecule has 1 aromatic carbocycles. The van der Waals surface area contributed by atoms with Crippen LogP contribution in [0.4, 0.5) is 0 Å². The zero-order valence-corrected chi connectivity index (χ0v) is 9.38. The maximum Gasteiger partial charge on any atom is 0.179 e. The van der Waals surface area contributed by atoms with E-state index in [9.17, 15) is 10.2 Å². The summed E-state index contributed by atoms with van der Waals surface area (Å²) in [5.41, 5.74) is 0.394. The van der Waals surface area contributed by atoms with E-state index in [-0.39, 0.29) is 11.5 Å². The van der Waals surface area contributed by atoms with Gasteiger partial charge in [0, 0.05) is 12.1 Å². The Bertz CT molecular complexity index is 344. The van der Waals surface area contributed by atoms with Crippen LogP contribution in [-0.2, 0) is 0 Å². The molecule has 4 nitrogen and oxygen atoms in total. The highest BCUT2D eigenvalue weighted by Crippen LogP contribution is 2.39. The Balaban J connectivity index is 3.09. The van der Waals surface area contributed by atoms with Gasteiger partial charge in [0.1, 0.15) is 0 Å². The van der Waals surface area contributed by atoms with Crippen LogP contribution in [0.25, 0.3) is 0 Å². The van der Waals surface area contributed by atoms with E-state index in [2.05, 4.69) is 5.32 Å². The second-order valence-electron chi connectivity index (χ2n) is 3.09. The molecule has 0 fully saturated rings. The molecule has 84 valence electrons. The Morgan fingerprint density at radius 2 is 2.20 bits per heavy atom. The number of benzene rings is 1. The van der Waals surface area contributed by atoms with Gasteiger partial charge in [-0.15, -0.1) is 0 Å². The number of rotatable bonds is 4. The van der Waals surface area contributed by atoms with E-state index in [0.717, 1.165) is 0 Å². The van der Waals surface area contributed by atoms with Crippen molar-refractivity contribution in [2.75, 3.05) is 20.7 Å². The Kier molecular flexibility index (Phi) is 4.20. The minimum Gasteiger partial charge on any atom is -0.504 e. The van der Waals surface area contributed by atoms with Crippen LogP contribution in [0.1, 0.15) is 11.7 Å². The van der Waals surface area contributed by atoms with Crippen molar-refractivity contribution in [1.29, 1.82) is 0 Å². The van der Waals surface area contributed by atoms with E-state index in [1.807, 2.05) is 0 Å². The lowest BCUT2D eigenvalue weighted by Crippen LogP contribution is -2.16. The highest BCUT2D eigenvalue weighted by atomic mass is 35.5. The lowest BCUT2D eigenvalue weighted by atomic mass is 10.1. The lowest BCUT2D eigenvalue weighted by molar-refractivity contribution is 0.173. The zero-order chi connectivity index (χ0) is 11.4. The van der Waals surface area contributed by atoms with E-state index >= 15 is 0 Å². The molecule has 5 heteroatoms. The first kappa shape index (κ1) is 12.1. The minimum absolute atomic E-state index is 0.118. The van der Waals surface area contributed by atoms with Crippen LogP contribution in [0.5, 0.6) is 11.5 Å². The predicted molar refractivity (Wildman–Crippen MR) is 58.6 cm³/mol. The maximum absolute atomic E-state index is 9.77. The van der Waals surface area contributed by atoms with Gasteiger partial charge in [-0.3, -0.25) is 0 Å². The third-order valence-electron chi connectivity index (χ3n) is 2.08. The fourth-order valence-electron chi connectivity index (χ4n) is 1.33. The average molecular weight is 232 g/mol. The molecule has 0 aliphatic heterocycles. The summed E-state index contributed by atoms with van der Waals surface area (Å²) >= 11 is 5.80. The molecule has 1 atom stereocenters. The number of hydrogen-bond donors (Lipinski definition) is 3. The number of hydrogen-bond acceptors (Lipinski definition) is 4. The molecule has 0 aromatic heterocycles. The van der Waals surface area contributed by atoms with Crippen LogP contribution in [0.3, 0.4) is 0 Å². The summed E-state index contributed by atoms with van der Waals surface area (Å²) in [6.45, 7) is 0.346. The van der Waals surface area contributed by atoms with Crippen LogP contribution in [0, 0.1) is 0 Å². The van der Waals surface area contributed by atoms with Gasteiger partial charge in [-0.25, -0.2) is 0 Å². The van der Waals surface area contributed by atoms with Gasteiger partial charge in [0.15, 0.2) is 11.5 Å². The van der Waals surface area contributed by atoms with Crippen LogP contribution < -0.4 is 10.1 Å². The van der Waals surface area contributed by atoms with Gasteiger partial charge < -0.3 is 20.3 Å². The lowest BCUT2D eigenvalue weighted by Gasteiger charge is -2.14. The third kappa shape index (κ3) is 2.53. The molecule has 0 radical (unpaired) electrons. The molecule has 0 aliphatic carbocycles. The van der Waals surface area contributed by atoms with Crippen molar-refractivity contribution < 1.29 is 14.9 Å². The number of ether oxygens (including phenoxy) is 1. The normalized spacial score (nSPS) is 12.5. The molecule has 0 aliphatic rings. The largest absolute Gasteiger partial charge is 0.504 e. The van der Waals surface area contributed by atoms with Crippen molar-refractivity contribution in [3.8, 4) is 11.5 Å². The highest BCUT2D eigenvalue weighted by Gasteiger charge is 2.17. The quantitative estimate of drug-likeness (QED) is 0.731. The summed E-state index contributed by atoms with van der Waals surface area (Å²) in [7, 11) is 3.13. The van der Waals surface area contributed by atoms with Crippen molar-refractivity contribution in [2.24, 2.45) is 0 Å². The fraction of sp³-hybridized carbons (Fsp3) is 0.400. The molecule has 1 unspecified atom stereocenters. The second kappa shape index (κ2) is 5.21. The smallest absolute Gasteiger partial charge is 0.179 e. The van der Waals surface area contributed by atoms with Gasteiger partial charge in [-0.05, 0) is 13.1 Å². The van der Waals surface area contributed by atoms with Gasteiger partial charge in [-0.1, -0.05) is 17.7 Å². The summed E-state index contributed by atoms with van der Waals surface area (Å²) in [5.74, 6) is 0.0667. The molecule has 0 spiro atoms. The SMILES string of the molecule is CNCC(O)c1ccc(Cl)c(OC)c1O. The number of aromatic hydroxyl groups is 1. The third-order valence-corrected chi connectivity index (χ3v) is 2.37. The number of aliphatic hydroxyl groups excluding tert-OH is 1. The Morgan fingerprint density at radius 1 is 1.53 bits per heavy atom. The maximum atomic E-state index is 9.77. The molecule has 0 bridgehead atoms. The van der Waals surface area contributed by atoms with E-state index in [4.69, 9.17) is 16.3 Å². The number of methoxy groups -OCH3 is 1. The summed E-state index contributed by atoms with van der Waals surface area (Å²) < 4.78 is 4.93. The Labute approximate surface area is 93.4 Å². The van der Waals surface area contributed by atoms with Gasteiger partial charge in [0.05, 0.1) is 18.2 Å². The fourth-order valence-corrected chi connectivity index (χ4v) is 1.56. The molecular weight excluding hydrogens is 218 g/mol. The summed E-state index contributed by atoms with van der Waals surface area (Å²) in [4.78, 5) is 0. The molecule has 0 saturated heterocycles. The van der Waals surface area contributed by atoms with Gasteiger partial charge in [0.2, 0.25) is 0 Å². The van der Waals surface area contributed by atoms with Gasteiger partial charge in [-0.2, -0.15) is 0 Å². The van der Waals surface area contributed by atoms with Crippen LogP contribution in [-0.4, -0.2) is 30.9 Å². The van der Waals surface area contributed by atoms with Crippen LogP contribution in [0.2, 0.25) is 5.02 Å². The van der Waals surface area contributed by atoms with E-state index in [1.54, 1.807) is 19.2 Å². The molecule has 1 aromatic rings. The van der Waals surface area contributed by atoms with E-state index in [1.165, 1.54) is 7.11 Å². The van der Waals surface area contributed by atoms with Crippen molar-refractivity contribution in [3.63, 3.8) is 0 Å². The second-order valence-corrected chi connectivity index (χ2v) is 3.50. The van der Waals surface area contributed by atoms with Crippen molar-refractivity contribution >= 4 is 11.6 Å².